The summed E-state index contributed by atoms with van der Waals surface area (Å²) in [5.41, 5.74) is 3.14. The molecule has 0 saturated carbocycles. The first kappa shape index (κ1) is 28.8. The number of hydrogen-bond acceptors (Lipinski definition) is 7. The first-order valence-corrected chi connectivity index (χ1v) is 14.3. The largest absolute Gasteiger partial charge is 0.368 e. The number of fused-ring (bicyclic) bond motifs is 3. The van der Waals surface area contributed by atoms with Crippen LogP contribution in [-0.4, -0.2) is 81.1 Å². The molecule has 0 aliphatic carbocycles. The zero-order valence-electron chi connectivity index (χ0n) is 23.7. The van der Waals surface area contributed by atoms with Crippen LogP contribution in [0.5, 0.6) is 0 Å². The highest BCUT2D eigenvalue weighted by Gasteiger charge is 2.24. The molecule has 12 nitrogen and oxygen atoms in total. The molecule has 42 heavy (non-hydrogen) atoms. The van der Waals surface area contributed by atoms with Gasteiger partial charge in [-0.15, -0.1) is 0 Å². The molecule has 5 N–H and O–H groups in total. The summed E-state index contributed by atoms with van der Waals surface area (Å²) >= 11 is 0. The van der Waals surface area contributed by atoms with Crippen LogP contribution in [0.1, 0.15) is 34.5 Å². The van der Waals surface area contributed by atoms with Gasteiger partial charge in [0.15, 0.2) is 0 Å². The SMILES string of the molecule is Cn1cc(CN2CCCCNC(=O)[C@H](Cc3c[nH]c4ccccc34)NC(=O)c3cccc(n3)NCCNC(=O)C2)cn1. The Morgan fingerprint density at radius 3 is 2.67 bits per heavy atom. The number of carbonyl (C=O) groups excluding carboxylic acids is 3. The maximum absolute atomic E-state index is 13.4. The number of hydrogen-bond donors (Lipinski definition) is 5. The monoisotopic (exact) mass is 571 g/mol. The fraction of sp³-hybridized carbons (Fsp3) is 0.367. The summed E-state index contributed by atoms with van der Waals surface area (Å²) in [6.45, 7) is 2.83. The molecule has 0 fully saturated rings. The topological polar surface area (TPSA) is 149 Å². The van der Waals surface area contributed by atoms with E-state index in [1.54, 1.807) is 29.1 Å². The minimum Gasteiger partial charge on any atom is -0.368 e. The third-order valence-corrected chi connectivity index (χ3v) is 7.19. The molecule has 1 atom stereocenters. The van der Waals surface area contributed by atoms with Crippen molar-refractivity contribution in [2.24, 2.45) is 7.05 Å². The van der Waals surface area contributed by atoms with Crippen LogP contribution in [0.2, 0.25) is 0 Å². The molecule has 4 heterocycles. The standard InChI is InChI=1S/C30H37N9O3/c1-38-18-21(16-35-38)19-39-14-5-4-11-33-29(41)26(15-22-17-34-24-8-3-2-7-23(22)24)37-30(42)25-9-6-10-27(36-25)31-12-13-32-28(40)20-39/h2-3,6-10,16-18,26,34H,4-5,11-15,19-20H2,1H3,(H,31,36)(H,32,40)(H,33,41)(H,37,42)/t26-/m0/s1. The van der Waals surface area contributed by atoms with Gasteiger partial charge in [-0.05, 0) is 43.1 Å². The van der Waals surface area contributed by atoms with Crippen LogP contribution in [0.3, 0.4) is 0 Å². The Balaban J connectivity index is 1.32. The van der Waals surface area contributed by atoms with Crippen molar-refractivity contribution >= 4 is 34.4 Å². The van der Waals surface area contributed by atoms with Crippen LogP contribution in [0.15, 0.2) is 61.1 Å². The molecule has 5 rings (SSSR count). The van der Waals surface area contributed by atoms with Gasteiger partial charge in [-0.25, -0.2) is 4.98 Å². The Kier molecular flexibility index (Phi) is 9.44. The molecule has 12 heteroatoms. The Labute approximate surface area is 244 Å². The summed E-state index contributed by atoms with van der Waals surface area (Å²) < 4.78 is 1.75. The van der Waals surface area contributed by atoms with E-state index in [4.69, 9.17) is 0 Å². The number of rotatable bonds is 4. The van der Waals surface area contributed by atoms with Gasteiger partial charge in [-0.2, -0.15) is 5.10 Å². The highest BCUT2D eigenvalue weighted by atomic mass is 16.2. The van der Waals surface area contributed by atoms with E-state index in [1.165, 1.54) is 0 Å². The van der Waals surface area contributed by atoms with E-state index >= 15 is 0 Å². The zero-order chi connectivity index (χ0) is 29.3. The van der Waals surface area contributed by atoms with Crippen molar-refractivity contribution in [3.63, 3.8) is 0 Å². The van der Waals surface area contributed by atoms with E-state index < -0.39 is 11.9 Å². The molecule has 3 amide bonds. The fourth-order valence-corrected chi connectivity index (χ4v) is 5.09. The number of anilines is 1. The molecular formula is C30H37N9O3. The number of amides is 3. The average molecular weight is 572 g/mol. The summed E-state index contributed by atoms with van der Waals surface area (Å²) in [5.74, 6) is -0.262. The molecule has 0 saturated heterocycles. The number of nitrogens with one attached hydrogen (secondary N) is 5. The predicted molar refractivity (Wildman–Crippen MR) is 160 cm³/mol. The first-order valence-electron chi connectivity index (χ1n) is 14.3. The lowest BCUT2D eigenvalue weighted by Crippen LogP contribution is -2.48. The normalized spacial score (nSPS) is 18.2. The summed E-state index contributed by atoms with van der Waals surface area (Å²) in [7, 11) is 1.87. The van der Waals surface area contributed by atoms with Gasteiger partial charge in [0, 0.05) is 68.5 Å². The van der Waals surface area contributed by atoms with Crippen LogP contribution in [0, 0.1) is 0 Å². The second-order valence-electron chi connectivity index (χ2n) is 10.5. The molecular weight excluding hydrogens is 534 g/mol. The Bertz CT molecular complexity index is 1530. The third-order valence-electron chi connectivity index (χ3n) is 7.19. The third kappa shape index (κ3) is 7.72. The Hall–Kier alpha value is -4.71. The number of aromatic nitrogens is 4. The van der Waals surface area contributed by atoms with E-state index in [9.17, 15) is 14.4 Å². The Morgan fingerprint density at radius 2 is 1.81 bits per heavy atom. The molecule has 3 aromatic heterocycles. The van der Waals surface area contributed by atoms with Crippen molar-refractivity contribution in [3.8, 4) is 0 Å². The van der Waals surface area contributed by atoms with Crippen LogP contribution in [0.25, 0.3) is 10.9 Å². The minimum absolute atomic E-state index is 0.0758. The molecule has 220 valence electrons. The van der Waals surface area contributed by atoms with Crippen LogP contribution >= 0.6 is 0 Å². The quantitative estimate of drug-likeness (QED) is 0.250. The highest BCUT2D eigenvalue weighted by molar-refractivity contribution is 5.96. The van der Waals surface area contributed by atoms with E-state index in [0.717, 1.165) is 34.9 Å². The van der Waals surface area contributed by atoms with Crippen LogP contribution < -0.4 is 21.3 Å². The average Bonchev–Trinajstić information content (AvgIpc) is 3.59. The van der Waals surface area contributed by atoms with Crippen LogP contribution in [-0.2, 0) is 29.6 Å². The number of H-pyrrole nitrogens is 1. The first-order chi connectivity index (χ1) is 20.4. The number of aromatic amines is 1. The number of benzene rings is 1. The van der Waals surface area contributed by atoms with Crippen LogP contribution in [0.4, 0.5) is 5.82 Å². The lowest BCUT2D eigenvalue weighted by atomic mass is 10.0. The summed E-state index contributed by atoms with van der Waals surface area (Å²) in [6, 6.07) is 12.2. The number of aryl methyl sites for hydroxylation is 1. The van der Waals surface area contributed by atoms with Crippen molar-refractivity contribution in [2.45, 2.75) is 31.8 Å². The minimum atomic E-state index is -0.791. The van der Waals surface area contributed by atoms with Gasteiger partial charge in [-0.3, -0.25) is 24.0 Å². The molecule has 1 aliphatic heterocycles. The smallest absolute Gasteiger partial charge is 0.270 e. The zero-order valence-corrected chi connectivity index (χ0v) is 23.7. The van der Waals surface area contributed by atoms with Gasteiger partial charge in [-0.1, -0.05) is 24.3 Å². The van der Waals surface area contributed by atoms with E-state index in [-0.39, 0.29) is 24.1 Å². The molecule has 0 unspecified atom stereocenters. The Morgan fingerprint density at radius 1 is 0.952 bits per heavy atom. The predicted octanol–water partition coefficient (Wildman–Crippen LogP) is 1.58. The molecule has 1 aliphatic rings. The molecule has 0 spiro atoms. The lowest BCUT2D eigenvalue weighted by molar-refractivity contribution is -0.123. The van der Waals surface area contributed by atoms with Crippen molar-refractivity contribution in [1.29, 1.82) is 0 Å². The van der Waals surface area contributed by atoms with E-state index in [2.05, 4.69) is 41.2 Å². The summed E-state index contributed by atoms with van der Waals surface area (Å²) in [6.07, 6.45) is 7.46. The van der Waals surface area contributed by atoms with Gasteiger partial charge < -0.3 is 26.3 Å². The number of nitrogens with zero attached hydrogens (tertiary/aromatic N) is 4. The summed E-state index contributed by atoms with van der Waals surface area (Å²) in [4.78, 5) is 49.1. The number of carbonyl (C=O) groups is 3. The van der Waals surface area contributed by atoms with E-state index in [0.29, 0.717) is 45.0 Å². The van der Waals surface area contributed by atoms with Crippen molar-refractivity contribution in [3.05, 3.63) is 77.9 Å². The summed E-state index contributed by atoms with van der Waals surface area (Å²) in [5, 5.41) is 17.3. The van der Waals surface area contributed by atoms with Crippen molar-refractivity contribution < 1.29 is 14.4 Å². The molecule has 0 radical (unpaired) electrons. The van der Waals surface area contributed by atoms with Crippen molar-refractivity contribution in [1.82, 2.24) is 40.6 Å². The molecule has 2 bridgehead atoms. The number of para-hydroxylation sites is 1. The second-order valence-corrected chi connectivity index (χ2v) is 10.5. The maximum atomic E-state index is 13.4. The van der Waals surface area contributed by atoms with Gasteiger partial charge in [0.1, 0.15) is 17.6 Å². The maximum Gasteiger partial charge on any atom is 0.270 e. The van der Waals surface area contributed by atoms with E-state index in [1.807, 2.05) is 43.7 Å². The van der Waals surface area contributed by atoms with Gasteiger partial charge >= 0.3 is 0 Å². The van der Waals surface area contributed by atoms with Gasteiger partial charge in [0.25, 0.3) is 5.91 Å². The van der Waals surface area contributed by atoms with Gasteiger partial charge in [0.2, 0.25) is 11.8 Å². The highest BCUT2D eigenvalue weighted by Crippen LogP contribution is 2.19. The van der Waals surface area contributed by atoms with Crippen molar-refractivity contribution in [2.75, 3.05) is 38.0 Å². The fourth-order valence-electron chi connectivity index (χ4n) is 5.09. The van der Waals surface area contributed by atoms with Gasteiger partial charge in [0.05, 0.1) is 12.7 Å². The second kappa shape index (κ2) is 13.8. The molecule has 4 aromatic rings. The lowest BCUT2D eigenvalue weighted by Gasteiger charge is -2.21. The molecule has 1 aromatic carbocycles. The number of pyridine rings is 1.